The lowest BCUT2D eigenvalue weighted by Crippen LogP contribution is -2.40. The molecule has 0 bridgehead atoms. The van der Waals surface area contributed by atoms with Crippen molar-refractivity contribution >= 4 is 29.9 Å². The number of nitrogens with one attached hydrogen (secondary N) is 1. The predicted molar refractivity (Wildman–Crippen MR) is 118 cm³/mol. The van der Waals surface area contributed by atoms with Gasteiger partial charge in [0.2, 0.25) is 0 Å². The molecular weight excluding hydrogens is 443 g/mol. The van der Waals surface area contributed by atoms with Gasteiger partial charge in [0.25, 0.3) is 0 Å². The van der Waals surface area contributed by atoms with E-state index in [-0.39, 0.29) is 24.0 Å². The Labute approximate surface area is 175 Å². The summed E-state index contributed by atoms with van der Waals surface area (Å²) in [6, 6.07) is 8.27. The van der Waals surface area contributed by atoms with Crippen LogP contribution in [-0.4, -0.2) is 75.4 Å². The molecule has 0 amide bonds. The van der Waals surface area contributed by atoms with E-state index in [9.17, 15) is 0 Å². The minimum absolute atomic E-state index is 0. The van der Waals surface area contributed by atoms with Gasteiger partial charge in [-0.25, -0.2) is 0 Å². The molecule has 7 heteroatoms. The summed E-state index contributed by atoms with van der Waals surface area (Å²) in [5.41, 5.74) is 1.24. The molecule has 1 heterocycles. The largest absolute Gasteiger partial charge is 0.494 e. The minimum Gasteiger partial charge on any atom is -0.494 e. The third kappa shape index (κ3) is 8.09. The summed E-state index contributed by atoms with van der Waals surface area (Å²) in [6.07, 6.45) is 0. The lowest BCUT2D eigenvalue weighted by molar-refractivity contribution is 0.0394. The summed E-state index contributed by atoms with van der Waals surface area (Å²) in [6.45, 7) is 11.9. The first-order valence-electron chi connectivity index (χ1n) is 9.24. The molecule has 6 nitrogen and oxygen atoms in total. The first kappa shape index (κ1) is 23.0. The standard InChI is InChI=1S/C19H32N4O2.HI/c1-4-20-19(21-10-11-23-12-14-24-15-13-23)22(3)16-17-6-8-18(9-7-17)25-5-2;/h6-9H,4-5,10-16H2,1-3H3,(H,20,21);1H. The number of ether oxygens (including phenoxy) is 2. The van der Waals surface area contributed by atoms with Crippen LogP contribution < -0.4 is 10.1 Å². The molecule has 1 fully saturated rings. The number of benzene rings is 1. The monoisotopic (exact) mass is 476 g/mol. The molecule has 1 aliphatic rings. The van der Waals surface area contributed by atoms with Crippen LogP contribution in [0.15, 0.2) is 29.3 Å². The Balaban J connectivity index is 0.00000338. The molecule has 2 rings (SSSR count). The quantitative estimate of drug-likeness (QED) is 0.355. The van der Waals surface area contributed by atoms with E-state index in [1.807, 2.05) is 19.1 Å². The summed E-state index contributed by atoms with van der Waals surface area (Å²) in [4.78, 5) is 9.35. The molecule has 148 valence electrons. The van der Waals surface area contributed by atoms with E-state index in [0.717, 1.165) is 64.2 Å². The third-order valence-electron chi connectivity index (χ3n) is 4.13. The summed E-state index contributed by atoms with van der Waals surface area (Å²) in [5, 5.41) is 3.38. The van der Waals surface area contributed by atoms with Gasteiger partial charge in [-0.3, -0.25) is 9.89 Å². The van der Waals surface area contributed by atoms with Crippen LogP contribution in [0.4, 0.5) is 0 Å². The average Bonchev–Trinajstić information content (AvgIpc) is 2.64. The van der Waals surface area contributed by atoms with Crippen molar-refractivity contribution in [2.75, 3.05) is 59.6 Å². The predicted octanol–water partition coefficient (Wildman–Crippen LogP) is 2.43. The van der Waals surface area contributed by atoms with E-state index in [1.165, 1.54) is 5.56 Å². The van der Waals surface area contributed by atoms with E-state index >= 15 is 0 Å². The Morgan fingerprint density at radius 1 is 1.23 bits per heavy atom. The molecule has 0 atom stereocenters. The van der Waals surface area contributed by atoms with E-state index < -0.39 is 0 Å². The molecule has 0 spiro atoms. The van der Waals surface area contributed by atoms with Crippen molar-refractivity contribution in [3.8, 4) is 5.75 Å². The molecule has 1 saturated heterocycles. The summed E-state index contributed by atoms with van der Waals surface area (Å²) in [5.74, 6) is 1.87. The zero-order chi connectivity index (χ0) is 17.9. The Morgan fingerprint density at radius 3 is 2.54 bits per heavy atom. The van der Waals surface area contributed by atoms with Gasteiger partial charge in [-0.05, 0) is 31.5 Å². The Bertz CT molecular complexity index is 519. The van der Waals surface area contributed by atoms with Gasteiger partial charge >= 0.3 is 0 Å². The second-order valence-corrected chi connectivity index (χ2v) is 6.12. The van der Waals surface area contributed by atoms with Crippen molar-refractivity contribution in [2.24, 2.45) is 4.99 Å². The SMILES string of the molecule is CCNC(=NCCN1CCOCC1)N(C)Cc1ccc(OCC)cc1.I. The number of halogens is 1. The van der Waals surface area contributed by atoms with Crippen LogP contribution in [-0.2, 0) is 11.3 Å². The van der Waals surface area contributed by atoms with Crippen LogP contribution in [0.3, 0.4) is 0 Å². The molecule has 0 aromatic heterocycles. The molecule has 0 saturated carbocycles. The fourth-order valence-electron chi connectivity index (χ4n) is 2.80. The molecule has 1 aromatic carbocycles. The molecule has 1 aromatic rings. The fourth-order valence-corrected chi connectivity index (χ4v) is 2.80. The number of morpholine rings is 1. The van der Waals surface area contributed by atoms with Gasteiger partial charge in [0.05, 0.1) is 26.4 Å². The smallest absolute Gasteiger partial charge is 0.194 e. The number of guanidine groups is 1. The van der Waals surface area contributed by atoms with E-state index in [1.54, 1.807) is 0 Å². The topological polar surface area (TPSA) is 49.3 Å². The van der Waals surface area contributed by atoms with Crippen LogP contribution in [0.25, 0.3) is 0 Å². The van der Waals surface area contributed by atoms with Crippen LogP contribution in [0, 0.1) is 0 Å². The highest BCUT2D eigenvalue weighted by Crippen LogP contribution is 2.13. The fraction of sp³-hybridized carbons (Fsp3) is 0.632. The minimum atomic E-state index is 0. The van der Waals surface area contributed by atoms with Gasteiger partial charge in [-0.2, -0.15) is 0 Å². The van der Waals surface area contributed by atoms with Gasteiger partial charge < -0.3 is 19.7 Å². The second kappa shape index (κ2) is 13.2. The molecule has 1 N–H and O–H groups in total. The van der Waals surface area contributed by atoms with Crippen LogP contribution in [0.5, 0.6) is 5.75 Å². The van der Waals surface area contributed by atoms with Crippen molar-refractivity contribution in [1.82, 2.24) is 15.1 Å². The Hall–Kier alpha value is -1.06. The van der Waals surface area contributed by atoms with Crippen LogP contribution >= 0.6 is 24.0 Å². The highest BCUT2D eigenvalue weighted by atomic mass is 127. The first-order chi connectivity index (χ1) is 12.2. The summed E-state index contributed by atoms with van der Waals surface area (Å²) >= 11 is 0. The maximum Gasteiger partial charge on any atom is 0.194 e. The molecule has 0 aliphatic carbocycles. The molecule has 26 heavy (non-hydrogen) atoms. The normalized spacial score (nSPS) is 15.3. The maximum atomic E-state index is 5.50. The zero-order valence-electron chi connectivity index (χ0n) is 16.2. The van der Waals surface area contributed by atoms with E-state index in [0.29, 0.717) is 6.61 Å². The van der Waals surface area contributed by atoms with Crippen molar-refractivity contribution in [3.63, 3.8) is 0 Å². The maximum absolute atomic E-state index is 5.50. The number of hydrogen-bond donors (Lipinski definition) is 1. The molecule has 1 aliphatic heterocycles. The highest BCUT2D eigenvalue weighted by Gasteiger charge is 2.10. The molecular formula is C19H33IN4O2. The van der Waals surface area contributed by atoms with Crippen molar-refractivity contribution < 1.29 is 9.47 Å². The van der Waals surface area contributed by atoms with Gasteiger partial charge in [-0.1, -0.05) is 12.1 Å². The molecule has 0 radical (unpaired) electrons. The lowest BCUT2D eigenvalue weighted by Gasteiger charge is -2.26. The summed E-state index contributed by atoms with van der Waals surface area (Å²) in [7, 11) is 2.08. The van der Waals surface area contributed by atoms with Crippen molar-refractivity contribution in [1.29, 1.82) is 0 Å². The lowest BCUT2D eigenvalue weighted by atomic mass is 10.2. The van der Waals surface area contributed by atoms with Crippen LogP contribution in [0.1, 0.15) is 19.4 Å². The van der Waals surface area contributed by atoms with Crippen molar-refractivity contribution in [3.05, 3.63) is 29.8 Å². The zero-order valence-corrected chi connectivity index (χ0v) is 18.6. The van der Waals surface area contributed by atoms with Gasteiger partial charge in [-0.15, -0.1) is 24.0 Å². The first-order valence-corrected chi connectivity index (χ1v) is 9.24. The van der Waals surface area contributed by atoms with Gasteiger partial charge in [0.15, 0.2) is 5.96 Å². The second-order valence-electron chi connectivity index (χ2n) is 6.12. The number of aliphatic imine (C=N–C) groups is 1. The van der Waals surface area contributed by atoms with Crippen LogP contribution in [0.2, 0.25) is 0 Å². The van der Waals surface area contributed by atoms with E-state index in [4.69, 9.17) is 14.5 Å². The van der Waals surface area contributed by atoms with Gasteiger partial charge in [0, 0.05) is 39.8 Å². The Kier molecular flexibility index (Phi) is 11.6. The third-order valence-corrected chi connectivity index (χ3v) is 4.13. The number of rotatable bonds is 8. The average molecular weight is 476 g/mol. The Morgan fingerprint density at radius 2 is 1.92 bits per heavy atom. The highest BCUT2D eigenvalue weighted by molar-refractivity contribution is 14.0. The van der Waals surface area contributed by atoms with Crippen molar-refractivity contribution in [2.45, 2.75) is 20.4 Å². The summed E-state index contributed by atoms with van der Waals surface area (Å²) < 4.78 is 10.9. The number of nitrogens with zero attached hydrogens (tertiary/aromatic N) is 3. The van der Waals surface area contributed by atoms with Gasteiger partial charge in [0.1, 0.15) is 5.75 Å². The molecule has 0 unspecified atom stereocenters. The van der Waals surface area contributed by atoms with E-state index in [2.05, 4.69) is 41.2 Å². The number of hydrogen-bond acceptors (Lipinski definition) is 4.